The highest BCUT2D eigenvalue weighted by Crippen LogP contribution is 2.41. The molecule has 1 amide bonds. The smallest absolute Gasteiger partial charge is 0.257 e. The van der Waals surface area contributed by atoms with E-state index in [0.717, 1.165) is 57.3 Å². The summed E-state index contributed by atoms with van der Waals surface area (Å²) in [6.07, 6.45) is 8.49. The number of rotatable bonds is 3. The minimum absolute atomic E-state index is 0.0782. The average molecular weight is 305 g/mol. The molecule has 0 bridgehead atoms. The zero-order valence-corrected chi connectivity index (χ0v) is 13.7. The predicted octanol–water partition coefficient (Wildman–Crippen LogP) is 3.39. The zero-order chi connectivity index (χ0) is 15.7. The molecule has 2 heterocycles. The van der Waals surface area contributed by atoms with Gasteiger partial charge in [0.1, 0.15) is 5.76 Å². The van der Waals surface area contributed by atoms with E-state index < -0.39 is 5.60 Å². The normalized spacial score (nSPS) is 32.4. The summed E-state index contributed by atoms with van der Waals surface area (Å²) in [4.78, 5) is 14.9. The molecule has 1 aromatic heterocycles. The predicted molar refractivity (Wildman–Crippen MR) is 84.7 cm³/mol. The molecule has 1 saturated heterocycles. The quantitative estimate of drug-likeness (QED) is 0.931. The molecule has 4 nitrogen and oxygen atoms in total. The fourth-order valence-electron chi connectivity index (χ4n) is 4.37. The van der Waals surface area contributed by atoms with Crippen LogP contribution in [0.5, 0.6) is 0 Å². The van der Waals surface area contributed by atoms with Crippen molar-refractivity contribution in [2.45, 2.75) is 70.4 Å². The van der Waals surface area contributed by atoms with Crippen molar-refractivity contribution in [3.05, 3.63) is 23.7 Å². The van der Waals surface area contributed by atoms with Crippen LogP contribution >= 0.6 is 0 Å². The van der Waals surface area contributed by atoms with Gasteiger partial charge < -0.3 is 14.4 Å². The number of furan rings is 1. The van der Waals surface area contributed by atoms with Crippen molar-refractivity contribution in [1.29, 1.82) is 0 Å². The fourth-order valence-corrected chi connectivity index (χ4v) is 4.37. The monoisotopic (exact) mass is 305 g/mol. The summed E-state index contributed by atoms with van der Waals surface area (Å²) in [5.74, 6) is 1.05. The summed E-state index contributed by atoms with van der Waals surface area (Å²) in [5, 5.41) is 10.8. The number of nitrogens with zero attached hydrogens (tertiary/aromatic N) is 1. The van der Waals surface area contributed by atoms with E-state index in [4.69, 9.17) is 4.42 Å². The molecule has 3 atom stereocenters. The summed E-state index contributed by atoms with van der Waals surface area (Å²) >= 11 is 0. The summed E-state index contributed by atoms with van der Waals surface area (Å²) in [6.45, 7) is 4.75. The Labute approximate surface area is 132 Å². The van der Waals surface area contributed by atoms with Crippen LogP contribution in [0.3, 0.4) is 0 Å². The first-order chi connectivity index (χ1) is 10.5. The molecule has 3 rings (SSSR count). The molecular weight excluding hydrogens is 278 g/mol. The molecule has 122 valence electrons. The molecule has 22 heavy (non-hydrogen) atoms. The average Bonchev–Trinajstić information content (AvgIpc) is 3.14. The lowest BCUT2D eigenvalue weighted by molar-refractivity contribution is -0.0577. The highest BCUT2D eigenvalue weighted by Gasteiger charge is 2.45. The van der Waals surface area contributed by atoms with Crippen molar-refractivity contribution in [1.82, 2.24) is 4.90 Å². The van der Waals surface area contributed by atoms with Gasteiger partial charge >= 0.3 is 0 Å². The van der Waals surface area contributed by atoms with E-state index >= 15 is 0 Å². The summed E-state index contributed by atoms with van der Waals surface area (Å²) in [6, 6.07) is 1.96. The number of hydrogen-bond acceptors (Lipinski definition) is 3. The van der Waals surface area contributed by atoms with E-state index in [1.165, 1.54) is 0 Å². The van der Waals surface area contributed by atoms with Gasteiger partial charge in [0.25, 0.3) is 5.91 Å². The molecule has 2 fully saturated rings. The van der Waals surface area contributed by atoms with Gasteiger partial charge in [-0.15, -0.1) is 0 Å². The Morgan fingerprint density at radius 3 is 2.95 bits per heavy atom. The van der Waals surface area contributed by atoms with Crippen LogP contribution in [-0.2, 0) is 6.42 Å². The molecule has 0 spiro atoms. The largest absolute Gasteiger partial charge is 0.469 e. The highest BCUT2D eigenvalue weighted by atomic mass is 16.3. The lowest BCUT2D eigenvalue weighted by Crippen LogP contribution is -2.50. The number of hydrogen-bond donors (Lipinski definition) is 1. The van der Waals surface area contributed by atoms with Crippen molar-refractivity contribution < 1.29 is 14.3 Å². The third kappa shape index (κ3) is 2.69. The second-order valence-electron chi connectivity index (χ2n) is 7.03. The maximum atomic E-state index is 12.9. The van der Waals surface area contributed by atoms with Gasteiger partial charge in [-0.25, -0.2) is 0 Å². The molecular formula is C18H27NO3. The van der Waals surface area contributed by atoms with Gasteiger partial charge in [-0.1, -0.05) is 19.8 Å². The first-order valence-electron chi connectivity index (χ1n) is 8.64. The second kappa shape index (κ2) is 6.07. The number of carbonyl (C=O) groups is 1. The van der Waals surface area contributed by atoms with Crippen molar-refractivity contribution in [2.24, 2.45) is 5.92 Å². The Morgan fingerprint density at radius 2 is 2.23 bits per heavy atom. The number of likely N-dealkylation sites (tertiary alicyclic amines) is 1. The number of aryl methyl sites for hydroxylation is 1. The van der Waals surface area contributed by atoms with Crippen LogP contribution in [0.25, 0.3) is 0 Å². The molecule has 0 aromatic carbocycles. The minimum atomic E-state index is -0.643. The SMILES string of the molecule is CCc1occc1C(=O)N1CCC[C@@H]1[C@H]1CCCC[C@@]1(C)O. The molecule has 1 aromatic rings. The minimum Gasteiger partial charge on any atom is -0.469 e. The van der Waals surface area contributed by atoms with Gasteiger partial charge in [0.15, 0.2) is 0 Å². The van der Waals surface area contributed by atoms with Crippen molar-refractivity contribution >= 4 is 5.91 Å². The molecule has 1 aliphatic carbocycles. The van der Waals surface area contributed by atoms with Crippen LogP contribution in [0.4, 0.5) is 0 Å². The van der Waals surface area contributed by atoms with E-state index in [9.17, 15) is 9.90 Å². The number of carbonyl (C=O) groups excluding carboxylic acids is 1. The zero-order valence-electron chi connectivity index (χ0n) is 13.7. The van der Waals surface area contributed by atoms with E-state index in [1.807, 2.05) is 18.7 Å². The van der Waals surface area contributed by atoms with E-state index in [-0.39, 0.29) is 17.9 Å². The Morgan fingerprint density at radius 1 is 1.41 bits per heavy atom. The number of aliphatic hydroxyl groups is 1. The Hall–Kier alpha value is -1.29. The standard InChI is InChI=1S/C18H27NO3/c1-3-16-13(9-12-22-16)17(20)19-11-6-8-15(19)14-7-4-5-10-18(14,2)21/h9,12,14-15,21H,3-8,10-11H2,1-2H3/t14-,15-,18-/m1/s1. The lowest BCUT2D eigenvalue weighted by atomic mass is 9.72. The highest BCUT2D eigenvalue weighted by molar-refractivity contribution is 5.95. The van der Waals surface area contributed by atoms with Crippen LogP contribution in [-0.4, -0.2) is 34.1 Å². The van der Waals surface area contributed by atoms with Gasteiger partial charge in [0, 0.05) is 24.9 Å². The van der Waals surface area contributed by atoms with Crippen LogP contribution in [0, 0.1) is 5.92 Å². The first kappa shape index (κ1) is 15.6. The molecule has 1 aliphatic heterocycles. The van der Waals surface area contributed by atoms with Crippen molar-refractivity contribution in [3.8, 4) is 0 Å². The Bertz CT molecular complexity index is 534. The third-order valence-electron chi connectivity index (χ3n) is 5.57. The fraction of sp³-hybridized carbons (Fsp3) is 0.722. The van der Waals surface area contributed by atoms with Gasteiger partial charge in [-0.05, 0) is 38.7 Å². The summed E-state index contributed by atoms with van der Waals surface area (Å²) in [5.41, 5.74) is 0.0559. The Balaban J connectivity index is 1.82. The van der Waals surface area contributed by atoms with Crippen molar-refractivity contribution in [2.75, 3.05) is 6.54 Å². The molecule has 1 saturated carbocycles. The summed E-state index contributed by atoms with van der Waals surface area (Å²) in [7, 11) is 0. The van der Waals surface area contributed by atoms with Crippen LogP contribution < -0.4 is 0 Å². The Kier molecular flexibility index (Phi) is 4.31. The van der Waals surface area contributed by atoms with Gasteiger partial charge in [-0.2, -0.15) is 0 Å². The number of amides is 1. The van der Waals surface area contributed by atoms with E-state index in [2.05, 4.69) is 0 Å². The van der Waals surface area contributed by atoms with Crippen LogP contribution in [0.1, 0.15) is 68.5 Å². The molecule has 4 heteroatoms. The topological polar surface area (TPSA) is 53.7 Å². The first-order valence-corrected chi connectivity index (χ1v) is 8.64. The van der Waals surface area contributed by atoms with E-state index in [1.54, 1.807) is 12.3 Å². The summed E-state index contributed by atoms with van der Waals surface area (Å²) < 4.78 is 5.42. The van der Waals surface area contributed by atoms with Gasteiger partial charge in [0.05, 0.1) is 17.4 Å². The van der Waals surface area contributed by atoms with Crippen LogP contribution in [0.2, 0.25) is 0 Å². The molecule has 2 aliphatic rings. The maximum Gasteiger partial charge on any atom is 0.257 e. The lowest BCUT2D eigenvalue weighted by Gasteiger charge is -2.43. The maximum absolute atomic E-state index is 12.9. The molecule has 0 radical (unpaired) electrons. The second-order valence-corrected chi connectivity index (χ2v) is 7.03. The third-order valence-corrected chi connectivity index (χ3v) is 5.57. The molecule has 0 unspecified atom stereocenters. The van der Waals surface area contributed by atoms with Gasteiger partial charge in [-0.3, -0.25) is 4.79 Å². The molecule has 1 N–H and O–H groups in total. The van der Waals surface area contributed by atoms with E-state index in [0.29, 0.717) is 5.56 Å². The van der Waals surface area contributed by atoms with Crippen LogP contribution in [0.15, 0.2) is 16.7 Å². The van der Waals surface area contributed by atoms with Crippen molar-refractivity contribution in [3.63, 3.8) is 0 Å². The van der Waals surface area contributed by atoms with Gasteiger partial charge in [0.2, 0.25) is 0 Å².